The van der Waals surface area contributed by atoms with Crippen molar-refractivity contribution in [1.29, 1.82) is 0 Å². The molecular formula is C17H16BrFN4O4S2. The minimum atomic E-state index is -1.21. The van der Waals surface area contributed by atoms with Crippen molar-refractivity contribution in [2.75, 3.05) is 6.61 Å². The van der Waals surface area contributed by atoms with Crippen LogP contribution in [-0.4, -0.2) is 65.7 Å². The van der Waals surface area contributed by atoms with E-state index in [1.165, 1.54) is 22.1 Å². The zero-order valence-electron chi connectivity index (χ0n) is 14.7. The van der Waals surface area contributed by atoms with Gasteiger partial charge in [-0.3, -0.25) is 0 Å². The van der Waals surface area contributed by atoms with Gasteiger partial charge in [0.2, 0.25) is 0 Å². The van der Waals surface area contributed by atoms with E-state index in [9.17, 15) is 19.7 Å². The van der Waals surface area contributed by atoms with Crippen LogP contribution in [0.5, 0.6) is 0 Å². The average Bonchev–Trinajstić information content (AvgIpc) is 3.39. The van der Waals surface area contributed by atoms with E-state index in [1.807, 2.05) is 5.38 Å². The number of thioether (sulfide) groups is 1. The number of aromatic nitrogens is 4. The van der Waals surface area contributed by atoms with Crippen LogP contribution in [0.25, 0.3) is 10.7 Å². The fourth-order valence-electron chi connectivity index (χ4n) is 3.03. The molecule has 4 rings (SSSR count). The molecular weight excluding hydrogens is 487 g/mol. The summed E-state index contributed by atoms with van der Waals surface area (Å²) in [5.41, 5.74) is -0.316. The molecule has 29 heavy (non-hydrogen) atoms. The van der Waals surface area contributed by atoms with Crippen LogP contribution in [-0.2, 0) is 4.74 Å². The van der Waals surface area contributed by atoms with Crippen LogP contribution in [0.15, 0.2) is 45.3 Å². The monoisotopic (exact) mass is 502 g/mol. The molecule has 0 radical (unpaired) electrons. The first kappa shape index (κ1) is 20.8. The SMILES string of the molecule is OCC1OC(Sc2ccc(F)c(Br)c2)[C@@H](O)C(n2cc(-c3nccs3)nn2)C1O. The molecule has 0 saturated carbocycles. The highest BCUT2D eigenvalue weighted by molar-refractivity contribution is 9.10. The van der Waals surface area contributed by atoms with Crippen molar-refractivity contribution in [1.82, 2.24) is 20.0 Å². The van der Waals surface area contributed by atoms with Crippen LogP contribution in [0.4, 0.5) is 4.39 Å². The molecule has 3 aromatic rings. The minimum absolute atomic E-state index is 0.285. The highest BCUT2D eigenvalue weighted by Gasteiger charge is 2.46. The van der Waals surface area contributed by atoms with Crippen molar-refractivity contribution < 1.29 is 24.4 Å². The molecule has 3 N–H and O–H groups in total. The molecule has 2 aromatic heterocycles. The molecule has 1 fully saturated rings. The van der Waals surface area contributed by atoms with Gasteiger partial charge >= 0.3 is 0 Å². The Balaban J connectivity index is 1.61. The Labute approximate surface area is 181 Å². The molecule has 12 heteroatoms. The predicted octanol–water partition coefficient (Wildman–Crippen LogP) is 2.08. The number of aliphatic hydroxyl groups excluding tert-OH is 3. The number of ether oxygens (including phenoxy) is 1. The molecule has 3 heterocycles. The van der Waals surface area contributed by atoms with Gasteiger partial charge in [-0.1, -0.05) is 17.0 Å². The maximum Gasteiger partial charge on any atom is 0.145 e. The Morgan fingerprint density at radius 3 is 2.83 bits per heavy atom. The fraction of sp³-hybridized carbons (Fsp3) is 0.353. The second kappa shape index (κ2) is 8.76. The Morgan fingerprint density at radius 2 is 2.14 bits per heavy atom. The molecule has 1 aromatic carbocycles. The highest BCUT2D eigenvalue weighted by Crippen LogP contribution is 2.39. The number of aliphatic hydroxyl groups is 3. The van der Waals surface area contributed by atoms with Crippen LogP contribution in [0.3, 0.4) is 0 Å². The maximum absolute atomic E-state index is 13.5. The van der Waals surface area contributed by atoms with Gasteiger partial charge < -0.3 is 20.1 Å². The summed E-state index contributed by atoms with van der Waals surface area (Å²) in [7, 11) is 0. The van der Waals surface area contributed by atoms with Crippen molar-refractivity contribution >= 4 is 39.0 Å². The molecule has 154 valence electrons. The lowest BCUT2D eigenvalue weighted by molar-refractivity contribution is -0.178. The second-order valence-corrected chi connectivity index (χ2v) is 9.23. The van der Waals surface area contributed by atoms with Gasteiger partial charge in [-0.2, -0.15) is 0 Å². The van der Waals surface area contributed by atoms with E-state index in [2.05, 4.69) is 31.2 Å². The van der Waals surface area contributed by atoms with Crippen LogP contribution >= 0.6 is 39.0 Å². The standard InChI is InChI=1S/C17H16BrFN4O4S2/c18-9-5-8(1-2-10(9)19)29-17-15(26)13(14(25)12(7-24)27-17)23-6-11(21-22-23)16-20-3-4-28-16/h1-6,12-15,17,24-26H,7H2/t12?,13?,14?,15-,17?/m0/s1. The van der Waals surface area contributed by atoms with Gasteiger partial charge in [-0.05, 0) is 34.1 Å². The summed E-state index contributed by atoms with van der Waals surface area (Å²) in [6.07, 6.45) is -0.0827. The summed E-state index contributed by atoms with van der Waals surface area (Å²) in [5, 5.41) is 41.8. The first-order valence-electron chi connectivity index (χ1n) is 8.54. The van der Waals surface area contributed by atoms with E-state index >= 15 is 0 Å². The van der Waals surface area contributed by atoms with Crippen molar-refractivity contribution in [3.05, 3.63) is 46.3 Å². The number of halogens is 2. The summed E-state index contributed by atoms with van der Waals surface area (Å²) in [6, 6.07) is 3.53. The predicted molar refractivity (Wildman–Crippen MR) is 108 cm³/mol. The Bertz CT molecular complexity index is 976. The van der Waals surface area contributed by atoms with Gasteiger partial charge in [0.25, 0.3) is 0 Å². The third-order valence-corrected chi connectivity index (χ3v) is 7.01. The lowest BCUT2D eigenvalue weighted by atomic mass is 9.97. The molecule has 8 nitrogen and oxygen atoms in total. The summed E-state index contributed by atoms with van der Waals surface area (Å²) in [6.45, 7) is -0.442. The number of rotatable bonds is 5. The molecule has 0 aliphatic carbocycles. The summed E-state index contributed by atoms with van der Waals surface area (Å²) in [5.74, 6) is -0.404. The second-order valence-electron chi connectivity index (χ2n) is 6.31. The highest BCUT2D eigenvalue weighted by atomic mass is 79.9. The van der Waals surface area contributed by atoms with E-state index in [4.69, 9.17) is 4.74 Å². The third kappa shape index (κ3) is 4.24. The van der Waals surface area contributed by atoms with E-state index < -0.39 is 42.2 Å². The third-order valence-electron chi connectivity index (χ3n) is 4.46. The van der Waals surface area contributed by atoms with Crippen LogP contribution < -0.4 is 0 Å². The largest absolute Gasteiger partial charge is 0.394 e. The number of hydrogen-bond acceptors (Lipinski definition) is 9. The summed E-state index contributed by atoms with van der Waals surface area (Å²) < 4.78 is 20.8. The number of nitrogens with zero attached hydrogens (tertiary/aromatic N) is 4. The van der Waals surface area contributed by atoms with Crippen LogP contribution in [0.1, 0.15) is 6.04 Å². The quantitative estimate of drug-likeness (QED) is 0.485. The number of hydrogen-bond donors (Lipinski definition) is 3. The summed E-state index contributed by atoms with van der Waals surface area (Å²) in [4.78, 5) is 4.82. The first-order valence-corrected chi connectivity index (χ1v) is 11.1. The van der Waals surface area contributed by atoms with E-state index in [0.29, 0.717) is 15.6 Å². The van der Waals surface area contributed by atoms with Gasteiger partial charge in [-0.25, -0.2) is 14.1 Å². The zero-order valence-corrected chi connectivity index (χ0v) is 17.9. The van der Waals surface area contributed by atoms with Gasteiger partial charge in [0.1, 0.15) is 46.3 Å². The molecule has 0 spiro atoms. The first-order chi connectivity index (χ1) is 14.0. The maximum atomic E-state index is 13.5. The van der Waals surface area contributed by atoms with Crippen LogP contribution in [0.2, 0.25) is 0 Å². The Hall–Kier alpha value is -1.41. The lowest BCUT2D eigenvalue weighted by Crippen LogP contribution is -2.55. The lowest BCUT2D eigenvalue weighted by Gasteiger charge is -2.41. The molecule has 0 bridgehead atoms. The van der Waals surface area contributed by atoms with E-state index in [-0.39, 0.29) is 4.47 Å². The molecule has 5 atom stereocenters. The smallest absolute Gasteiger partial charge is 0.145 e. The van der Waals surface area contributed by atoms with Gasteiger partial charge in [0, 0.05) is 16.5 Å². The molecule has 1 aliphatic heterocycles. The normalized spacial score (nSPS) is 27.3. The van der Waals surface area contributed by atoms with Crippen LogP contribution in [0, 0.1) is 5.82 Å². The van der Waals surface area contributed by atoms with Crippen molar-refractivity contribution in [3.8, 4) is 10.7 Å². The topological polar surface area (TPSA) is 114 Å². The van der Waals surface area contributed by atoms with E-state index in [1.54, 1.807) is 24.5 Å². The summed E-state index contributed by atoms with van der Waals surface area (Å²) >= 11 is 5.68. The number of benzene rings is 1. The van der Waals surface area contributed by atoms with Crippen molar-refractivity contribution in [2.45, 2.75) is 34.7 Å². The van der Waals surface area contributed by atoms with Crippen molar-refractivity contribution in [2.24, 2.45) is 0 Å². The minimum Gasteiger partial charge on any atom is -0.394 e. The fourth-order valence-corrected chi connectivity index (χ4v) is 5.25. The molecule has 0 amide bonds. The molecule has 1 aliphatic rings. The van der Waals surface area contributed by atoms with Gasteiger partial charge in [-0.15, -0.1) is 16.4 Å². The van der Waals surface area contributed by atoms with E-state index in [0.717, 1.165) is 11.8 Å². The zero-order chi connectivity index (χ0) is 20.5. The van der Waals surface area contributed by atoms with Crippen molar-refractivity contribution in [3.63, 3.8) is 0 Å². The van der Waals surface area contributed by atoms with Gasteiger partial charge in [0.15, 0.2) is 0 Å². The molecule has 1 saturated heterocycles. The van der Waals surface area contributed by atoms with Gasteiger partial charge in [0.05, 0.1) is 17.3 Å². The molecule has 4 unspecified atom stereocenters. The average molecular weight is 503 g/mol. The Kier molecular flexibility index (Phi) is 6.30. The number of thiazole rings is 1. The Morgan fingerprint density at radius 1 is 1.31 bits per heavy atom.